The van der Waals surface area contributed by atoms with E-state index in [1.54, 1.807) is 84.7 Å². The predicted octanol–water partition coefficient (Wildman–Crippen LogP) is 4.97. The molecule has 0 N–H and O–H groups in total. The highest BCUT2D eigenvalue weighted by Gasteiger charge is 2.15. The van der Waals surface area contributed by atoms with Gasteiger partial charge in [0, 0.05) is 11.1 Å². The summed E-state index contributed by atoms with van der Waals surface area (Å²) < 4.78 is 23.9. The molecule has 9 heteroatoms. The summed E-state index contributed by atoms with van der Waals surface area (Å²) in [5.41, 5.74) is 3.19. The highest BCUT2D eigenvalue weighted by Crippen LogP contribution is 2.39. The number of allylic oxidation sites excluding steroid dienone is 1. The van der Waals surface area contributed by atoms with E-state index < -0.39 is 0 Å². The van der Waals surface area contributed by atoms with Crippen LogP contribution >= 0.6 is 0 Å². The van der Waals surface area contributed by atoms with Gasteiger partial charge in [0.2, 0.25) is 5.75 Å². The third-order valence-electron chi connectivity index (χ3n) is 5.71. The van der Waals surface area contributed by atoms with Crippen molar-refractivity contribution in [3.8, 4) is 28.7 Å². The lowest BCUT2D eigenvalue weighted by atomic mass is 10.1. The van der Waals surface area contributed by atoms with Crippen LogP contribution in [-0.2, 0) is 6.61 Å². The van der Waals surface area contributed by atoms with E-state index in [1.807, 2.05) is 0 Å². The first-order valence-electron chi connectivity index (χ1n) is 11.7. The second-order valence-corrected chi connectivity index (χ2v) is 8.23. The van der Waals surface area contributed by atoms with Crippen LogP contribution in [0.3, 0.4) is 0 Å². The van der Waals surface area contributed by atoms with Crippen molar-refractivity contribution in [3.63, 3.8) is 0 Å². The number of ether oxygens (including phenoxy) is 4. The molecule has 3 aromatic carbocycles. The fourth-order valence-corrected chi connectivity index (χ4v) is 3.67. The van der Waals surface area contributed by atoms with Gasteiger partial charge in [-0.2, -0.15) is 0 Å². The van der Waals surface area contributed by atoms with Gasteiger partial charge in [-0.25, -0.2) is 4.68 Å². The first-order chi connectivity index (χ1) is 18.4. The van der Waals surface area contributed by atoms with Crippen LogP contribution in [0, 0.1) is 0 Å². The zero-order chi connectivity index (χ0) is 27.1. The quantitative estimate of drug-likeness (QED) is 0.205. The van der Waals surface area contributed by atoms with Gasteiger partial charge in [-0.05, 0) is 67.1 Å². The summed E-state index contributed by atoms with van der Waals surface area (Å²) in [7, 11) is 4.61. The van der Waals surface area contributed by atoms with E-state index in [0.717, 1.165) is 5.69 Å². The molecular formula is C29H27N3O6. The van der Waals surface area contributed by atoms with E-state index in [-0.39, 0.29) is 18.2 Å². The third kappa shape index (κ3) is 6.07. The molecule has 0 atom stereocenters. The Labute approximate surface area is 220 Å². The Balaban J connectivity index is 1.49. The molecule has 1 heterocycles. The fourth-order valence-electron chi connectivity index (χ4n) is 3.67. The van der Waals surface area contributed by atoms with Crippen molar-refractivity contribution in [2.24, 2.45) is 0 Å². The summed E-state index contributed by atoms with van der Waals surface area (Å²) in [6, 6.07) is 17.5. The number of carbonyl (C=O) groups is 2. The Kier molecular flexibility index (Phi) is 8.17. The van der Waals surface area contributed by atoms with Gasteiger partial charge in [0.05, 0.1) is 33.2 Å². The maximum absolute atomic E-state index is 12.6. The van der Waals surface area contributed by atoms with Crippen LogP contribution in [-0.4, -0.2) is 47.9 Å². The standard InChI is InChI=1S/C29H27N3O6/c1-19(33)21-9-11-24(12-10-21)32-17-23(30-31-32)18-38-29-27(36-3)14-20(15-28(29)37-4)8-13-26(34)22-6-5-7-25(16-22)35-2/h5-17H,18H2,1-4H3/b13-8+. The first kappa shape index (κ1) is 26.2. The third-order valence-corrected chi connectivity index (χ3v) is 5.71. The molecule has 0 aliphatic rings. The number of hydrogen-bond acceptors (Lipinski definition) is 8. The van der Waals surface area contributed by atoms with Gasteiger partial charge in [-0.3, -0.25) is 9.59 Å². The normalized spacial score (nSPS) is 10.8. The molecule has 0 fully saturated rings. The Hall–Kier alpha value is -4.92. The van der Waals surface area contributed by atoms with Crippen LogP contribution in [0.1, 0.15) is 38.9 Å². The zero-order valence-electron chi connectivity index (χ0n) is 21.5. The summed E-state index contributed by atoms with van der Waals surface area (Å²) in [6.45, 7) is 1.63. The van der Waals surface area contributed by atoms with Crippen LogP contribution in [0.2, 0.25) is 0 Å². The van der Waals surface area contributed by atoms with E-state index in [4.69, 9.17) is 18.9 Å². The second-order valence-electron chi connectivity index (χ2n) is 8.23. The molecule has 38 heavy (non-hydrogen) atoms. The minimum absolute atomic E-state index is 0.00269. The lowest BCUT2D eigenvalue weighted by Crippen LogP contribution is -2.01. The number of methoxy groups -OCH3 is 3. The molecular weight excluding hydrogens is 486 g/mol. The lowest BCUT2D eigenvalue weighted by Gasteiger charge is -2.14. The number of rotatable bonds is 11. The van der Waals surface area contributed by atoms with Crippen molar-refractivity contribution in [3.05, 3.63) is 95.3 Å². The highest BCUT2D eigenvalue weighted by molar-refractivity contribution is 6.07. The van der Waals surface area contributed by atoms with Crippen molar-refractivity contribution in [1.29, 1.82) is 0 Å². The molecule has 0 saturated heterocycles. The van der Waals surface area contributed by atoms with Gasteiger partial charge in [0.15, 0.2) is 23.1 Å². The Morgan fingerprint density at radius 2 is 1.61 bits per heavy atom. The number of Topliss-reactive ketones (excluding diaryl/α,β-unsaturated/α-hetero) is 1. The first-order valence-corrected chi connectivity index (χ1v) is 11.7. The molecule has 0 unspecified atom stereocenters. The molecule has 0 amide bonds. The number of ketones is 2. The van der Waals surface area contributed by atoms with Crippen LogP contribution < -0.4 is 18.9 Å². The van der Waals surface area contributed by atoms with Crippen LogP contribution in [0.5, 0.6) is 23.0 Å². The van der Waals surface area contributed by atoms with Gasteiger partial charge in [-0.1, -0.05) is 23.4 Å². The topological polar surface area (TPSA) is 102 Å². The molecule has 4 aromatic rings. The number of benzene rings is 3. The molecule has 194 valence electrons. The van der Waals surface area contributed by atoms with Crippen LogP contribution in [0.15, 0.2) is 72.9 Å². The summed E-state index contributed by atoms with van der Waals surface area (Å²) in [4.78, 5) is 24.1. The fraction of sp³-hybridized carbons (Fsp3) is 0.172. The van der Waals surface area contributed by atoms with E-state index in [9.17, 15) is 9.59 Å². The largest absolute Gasteiger partial charge is 0.497 e. The van der Waals surface area contributed by atoms with Crippen molar-refractivity contribution >= 4 is 17.6 Å². The maximum Gasteiger partial charge on any atom is 0.203 e. The lowest BCUT2D eigenvalue weighted by molar-refractivity contribution is 0.101. The molecule has 0 saturated carbocycles. The summed E-state index contributed by atoms with van der Waals surface area (Å²) >= 11 is 0. The maximum atomic E-state index is 12.6. The van der Waals surface area contributed by atoms with Gasteiger partial charge in [-0.15, -0.1) is 5.10 Å². The van der Waals surface area contributed by atoms with E-state index in [0.29, 0.717) is 45.4 Å². The molecule has 0 spiro atoms. The Morgan fingerprint density at radius 1 is 0.895 bits per heavy atom. The number of hydrogen-bond donors (Lipinski definition) is 0. The van der Waals surface area contributed by atoms with Crippen LogP contribution in [0.25, 0.3) is 11.8 Å². The molecule has 9 nitrogen and oxygen atoms in total. The van der Waals surface area contributed by atoms with Gasteiger partial charge in [0.25, 0.3) is 0 Å². The molecule has 0 radical (unpaired) electrons. The minimum Gasteiger partial charge on any atom is -0.497 e. The predicted molar refractivity (Wildman–Crippen MR) is 142 cm³/mol. The summed E-state index contributed by atoms with van der Waals surface area (Å²) in [6.07, 6.45) is 4.90. The monoisotopic (exact) mass is 513 g/mol. The number of nitrogens with zero attached hydrogens (tertiary/aromatic N) is 3. The summed E-state index contributed by atoms with van der Waals surface area (Å²) in [5.74, 6) is 1.71. The number of aromatic nitrogens is 3. The highest BCUT2D eigenvalue weighted by atomic mass is 16.5. The van der Waals surface area contributed by atoms with Gasteiger partial charge < -0.3 is 18.9 Å². The second kappa shape index (κ2) is 11.9. The zero-order valence-corrected chi connectivity index (χ0v) is 21.5. The minimum atomic E-state index is -0.166. The molecule has 0 aliphatic heterocycles. The molecule has 0 bridgehead atoms. The molecule has 4 rings (SSSR count). The smallest absolute Gasteiger partial charge is 0.203 e. The van der Waals surface area contributed by atoms with Gasteiger partial charge in [0.1, 0.15) is 18.1 Å². The van der Waals surface area contributed by atoms with Gasteiger partial charge >= 0.3 is 0 Å². The van der Waals surface area contributed by atoms with Crippen molar-refractivity contribution in [1.82, 2.24) is 15.0 Å². The van der Waals surface area contributed by atoms with E-state index >= 15 is 0 Å². The Morgan fingerprint density at radius 3 is 2.24 bits per heavy atom. The SMILES string of the molecule is COc1cccc(C(=O)/C=C/c2cc(OC)c(OCc3cn(-c4ccc(C(C)=O)cc4)nn3)c(OC)c2)c1. The molecule has 1 aromatic heterocycles. The van der Waals surface area contributed by atoms with Crippen molar-refractivity contribution < 1.29 is 28.5 Å². The van der Waals surface area contributed by atoms with E-state index in [1.165, 1.54) is 27.2 Å². The van der Waals surface area contributed by atoms with Crippen molar-refractivity contribution in [2.45, 2.75) is 13.5 Å². The summed E-state index contributed by atoms with van der Waals surface area (Å²) in [5, 5.41) is 8.30. The van der Waals surface area contributed by atoms with E-state index in [2.05, 4.69) is 10.3 Å². The van der Waals surface area contributed by atoms with Crippen LogP contribution in [0.4, 0.5) is 0 Å². The number of carbonyl (C=O) groups excluding carboxylic acids is 2. The Bertz CT molecular complexity index is 1450. The average molecular weight is 514 g/mol. The average Bonchev–Trinajstić information content (AvgIpc) is 3.43. The molecule has 0 aliphatic carbocycles. The van der Waals surface area contributed by atoms with Crippen molar-refractivity contribution in [2.75, 3.05) is 21.3 Å².